The molecule has 0 fully saturated rings. The van der Waals surface area contributed by atoms with Crippen molar-refractivity contribution >= 4 is 17.5 Å². The molecule has 1 aliphatic rings. The lowest BCUT2D eigenvalue weighted by Crippen LogP contribution is -2.04. The summed E-state index contributed by atoms with van der Waals surface area (Å²) in [5.74, 6) is 2.16. The molecule has 0 bridgehead atoms. The Hall–Kier alpha value is -3.15. The molecule has 6 heteroatoms. The Kier molecular flexibility index (Phi) is 5.02. The molecule has 1 aliphatic heterocycles. The molecule has 2 N–H and O–H groups in total. The van der Waals surface area contributed by atoms with Gasteiger partial charge in [-0.05, 0) is 55.8 Å². The maximum atomic E-state index is 12.7. The van der Waals surface area contributed by atoms with Gasteiger partial charge in [-0.2, -0.15) is 0 Å². The molecule has 0 aromatic heterocycles. The molecule has 0 saturated heterocycles. The number of fused-ring (bicyclic) bond motifs is 1. The van der Waals surface area contributed by atoms with Gasteiger partial charge in [-0.25, -0.2) is 0 Å². The van der Waals surface area contributed by atoms with Crippen molar-refractivity contribution in [3.8, 4) is 23.0 Å². The van der Waals surface area contributed by atoms with Crippen LogP contribution < -0.4 is 24.7 Å². The summed E-state index contributed by atoms with van der Waals surface area (Å²) in [6.45, 7) is 4.30. The van der Waals surface area contributed by atoms with E-state index in [0.717, 1.165) is 5.56 Å². The van der Waals surface area contributed by atoms with Gasteiger partial charge < -0.3 is 24.7 Å². The summed E-state index contributed by atoms with van der Waals surface area (Å²) in [6, 6.07) is 8.67. The van der Waals surface area contributed by atoms with E-state index in [1.54, 1.807) is 44.4 Å². The highest BCUT2D eigenvalue weighted by Gasteiger charge is 2.21. The van der Waals surface area contributed by atoms with Crippen LogP contribution in [0.3, 0.4) is 0 Å². The third-order valence-electron chi connectivity index (χ3n) is 4.03. The third kappa shape index (κ3) is 3.31. The molecule has 0 atom stereocenters. The molecule has 0 saturated carbocycles. The predicted molar refractivity (Wildman–Crippen MR) is 99.1 cm³/mol. The monoisotopic (exact) mass is 355 g/mol. The number of anilines is 1. The number of carbonyl (C=O) groups is 1. The van der Waals surface area contributed by atoms with Crippen LogP contribution in [0.5, 0.6) is 23.0 Å². The largest absolute Gasteiger partial charge is 0.492 e. The molecule has 0 amide bonds. The van der Waals surface area contributed by atoms with Gasteiger partial charge in [0.2, 0.25) is 12.5 Å². The number of hydrogen-bond donors (Lipinski definition) is 1. The zero-order chi connectivity index (χ0) is 18.7. The lowest BCUT2D eigenvalue weighted by Gasteiger charge is -2.10. The van der Waals surface area contributed by atoms with Gasteiger partial charge in [-0.3, -0.25) is 4.79 Å². The van der Waals surface area contributed by atoms with Crippen LogP contribution in [0.4, 0.5) is 5.69 Å². The molecule has 2 aromatic rings. The van der Waals surface area contributed by atoms with Crippen LogP contribution in [0, 0.1) is 0 Å². The lowest BCUT2D eigenvalue weighted by atomic mass is 10.0. The van der Waals surface area contributed by atoms with Crippen molar-refractivity contribution in [3.05, 3.63) is 47.0 Å². The van der Waals surface area contributed by atoms with Crippen molar-refractivity contribution in [3.63, 3.8) is 0 Å². The summed E-state index contributed by atoms with van der Waals surface area (Å²) in [6.07, 6.45) is 1.76. The van der Waals surface area contributed by atoms with Gasteiger partial charge in [-0.15, -0.1) is 0 Å². The van der Waals surface area contributed by atoms with E-state index in [2.05, 4.69) is 0 Å². The second kappa shape index (κ2) is 7.39. The number of hydrogen-bond acceptors (Lipinski definition) is 6. The summed E-state index contributed by atoms with van der Waals surface area (Å²) in [7, 11) is 1.55. The molecule has 6 nitrogen and oxygen atoms in total. The molecular weight excluding hydrogens is 334 g/mol. The number of Topliss-reactive ketones (excluding diaryl/α,β-unsaturated/α-hetero) is 1. The first-order valence-corrected chi connectivity index (χ1v) is 8.27. The first-order valence-electron chi connectivity index (χ1n) is 8.27. The van der Waals surface area contributed by atoms with Crippen LogP contribution >= 0.6 is 0 Å². The van der Waals surface area contributed by atoms with E-state index in [1.165, 1.54) is 0 Å². The maximum absolute atomic E-state index is 12.7. The fraction of sp³-hybridized carbons (Fsp3) is 0.250. The average Bonchev–Trinajstić information content (AvgIpc) is 3.11. The summed E-state index contributed by atoms with van der Waals surface area (Å²) in [4.78, 5) is 12.7. The van der Waals surface area contributed by atoms with E-state index < -0.39 is 0 Å². The predicted octanol–water partition coefficient (Wildman–Crippen LogP) is 3.69. The van der Waals surface area contributed by atoms with Crippen molar-refractivity contribution in [2.75, 3.05) is 26.2 Å². The number of benzene rings is 2. The SMILES string of the molecule is CCOc1ccc(C(=O)/C(C)=C/c2ccc3c(c2OC)OCO3)cc1N. The Bertz CT molecular complexity index is 873. The molecule has 0 radical (unpaired) electrons. The zero-order valence-corrected chi connectivity index (χ0v) is 15.0. The number of methoxy groups -OCH3 is 1. The number of allylic oxidation sites excluding steroid dienone is 1. The molecule has 2 aromatic carbocycles. The Balaban J connectivity index is 1.90. The second-order valence-electron chi connectivity index (χ2n) is 5.76. The van der Waals surface area contributed by atoms with E-state index in [9.17, 15) is 4.79 Å². The summed E-state index contributed by atoms with van der Waals surface area (Å²) in [5.41, 5.74) is 8.18. The van der Waals surface area contributed by atoms with Gasteiger partial charge in [0.05, 0.1) is 19.4 Å². The molecule has 0 unspecified atom stereocenters. The fourth-order valence-corrected chi connectivity index (χ4v) is 2.79. The van der Waals surface area contributed by atoms with Gasteiger partial charge in [0.1, 0.15) is 5.75 Å². The third-order valence-corrected chi connectivity index (χ3v) is 4.03. The van der Waals surface area contributed by atoms with Gasteiger partial charge in [0.15, 0.2) is 17.3 Å². The number of ketones is 1. The van der Waals surface area contributed by atoms with E-state index in [-0.39, 0.29) is 12.6 Å². The average molecular weight is 355 g/mol. The van der Waals surface area contributed by atoms with Crippen LogP contribution in [0.15, 0.2) is 35.9 Å². The Morgan fingerprint density at radius 1 is 1.27 bits per heavy atom. The minimum atomic E-state index is -0.125. The van der Waals surface area contributed by atoms with Crippen molar-refractivity contribution in [1.29, 1.82) is 0 Å². The molecule has 3 rings (SSSR count). The summed E-state index contributed by atoms with van der Waals surface area (Å²) >= 11 is 0. The van der Waals surface area contributed by atoms with Gasteiger partial charge in [0.25, 0.3) is 0 Å². The van der Waals surface area contributed by atoms with Crippen molar-refractivity contribution in [2.24, 2.45) is 0 Å². The van der Waals surface area contributed by atoms with Crippen LogP contribution in [0.1, 0.15) is 29.8 Å². The quantitative estimate of drug-likeness (QED) is 0.484. The van der Waals surface area contributed by atoms with Crippen LogP contribution in [0.25, 0.3) is 6.08 Å². The Morgan fingerprint density at radius 2 is 2.08 bits per heavy atom. The Morgan fingerprint density at radius 3 is 2.77 bits per heavy atom. The number of carbonyl (C=O) groups excluding carboxylic acids is 1. The topological polar surface area (TPSA) is 80.0 Å². The molecule has 136 valence electrons. The van der Waals surface area contributed by atoms with Crippen LogP contribution in [-0.2, 0) is 0 Å². The molecule has 1 heterocycles. The van der Waals surface area contributed by atoms with Crippen LogP contribution in [-0.4, -0.2) is 26.3 Å². The highest BCUT2D eigenvalue weighted by Crippen LogP contribution is 2.43. The zero-order valence-electron chi connectivity index (χ0n) is 15.0. The van der Waals surface area contributed by atoms with E-state index in [4.69, 9.17) is 24.7 Å². The standard InChI is InChI=1S/C20H21NO5/c1-4-24-16-7-5-13(10-15(16)21)18(22)12(2)9-14-6-8-17-20(19(14)23-3)26-11-25-17/h5-10H,4,11,21H2,1-3H3/b12-9+. The number of nitrogen functional groups attached to an aromatic ring is 1. The molecule has 0 aliphatic carbocycles. The van der Waals surface area contributed by atoms with Gasteiger partial charge >= 0.3 is 0 Å². The first kappa shape index (κ1) is 17.7. The minimum Gasteiger partial charge on any atom is -0.492 e. The lowest BCUT2D eigenvalue weighted by molar-refractivity contribution is 0.103. The second-order valence-corrected chi connectivity index (χ2v) is 5.76. The van der Waals surface area contributed by atoms with Crippen molar-refractivity contribution in [1.82, 2.24) is 0 Å². The van der Waals surface area contributed by atoms with Crippen LogP contribution in [0.2, 0.25) is 0 Å². The minimum absolute atomic E-state index is 0.125. The maximum Gasteiger partial charge on any atom is 0.231 e. The van der Waals surface area contributed by atoms with Crippen molar-refractivity contribution in [2.45, 2.75) is 13.8 Å². The van der Waals surface area contributed by atoms with Gasteiger partial charge in [0, 0.05) is 11.1 Å². The normalized spacial score (nSPS) is 12.8. The van der Waals surface area contributed by atoms with Crippen molar-refractivity contribution < 1.29 is 23.7 Å². The number of ether oxygens (including phenoxy) is 4. The highest BCUT2D eigenvalue weighted by atomic mass is 16.7. The smallest absolute Gasteiger partial charge is 0.231 e. The molecule has 26 heavy (non-hydrogen) atoms. The van der Waals surface area contributed by atoms with E-state index in [0.29, 0.717) is 46.4 Å². The molecular formula is C20H21NO5. The number of rotatable bonds is 6. The van der Waals surface area contributed by atoms with E-state index in [1.807, 2.05) is 13.0 Å². The summed E-state index contributed by atoms with van der Waals surface area (Å²) in [5, 5.41) is 0. The molecule has 0 spiro atoms. The van der Waals surface area contributed by atoms with E-state index >= 15 is 0 Å². The highest BCUT2D eigenvalue weighted by molar-refractivity contribution is 6.11. The fourth-order valence-electron chi connectivity index (χ4n) is 2.79. The number of nitrogens with two attached hydrogens (primary N) is 1. The Labute approximate surface area is 152 Å². The van der Waals surface area contributed by atoms with Gasteiger partial charge in [-0.1, -0.05) is 0 Å². The summed E-state index contributed by atoms with van der Waals surface area (Å²) < 4.78 is 21.6. The first-order chi connectivity index (χ1) is 12.5.